The molecule has 2 aliphatic rings. The summed E-state index contributed by atoms with van der Waals surface area (Å²) in [5.41, 5.74) is 5.32. The van der Waals surface area contributed by atoms with Crippen molar-refractivity contribution in [1.82, 2.24) is 0 Å². The number of nitrogens with zero attached hydrogens (tertiary/aromatic N) is 2. The van der Waals surface area contributed by atoms with Gasteiger partial charge in [-0.2, -0.15) is 0 Å². The summed E-state index contributed by atoms with van der Waals surface area (Å²) < 4.78 is 5.43. The highest BCUT2D eigenvalue weighted by Gasteiger charge is 2.30. The zero-order chi connectivity index (χ0) is 26.5. The molecular weight excluding hydrogens is 472 g/mol. The Labute approximate surface area is 217 Å². The summed E-state index contributed by atoms with van der Waals surface area (Å²) >= 11 is 0. The van der Waals surface area contributed by atoms with E-state index in [0.29, 0.717) is 18.2 Å². The van der Waals surface area contributed by atoms with Crippen molar-refractivity contribution in [2.75, 3.05) is 6.61 Å². The summed E-state index contributed by atoms with van der Waals surface area (Å²) in [7, 11) is 0. The van der Waals surface area contributed by atoms with Crippen LogP contribution in [-0.4, -0.2) is 29.2 Å². The van der Waals surface area contributed by atoms with Gasteiger partial charge in [-0.05, 0) is 71.0 Å². The number of hydrogen-bond acceptors (Lipinski definition) is 7. The Morgan fingerprint density at radius 3 is 2.38 bits per heavy atom. The van der Waals surface area contributed by atoms with E-state index >= 15 is 0 Å². The van der Waals surface area contributed by atoms with E-state index in [9.17, 15) is 19.7 Å². The lowest BCUT2D eigenvalue weighted by Crippen LogP contribution is -2.20. The van der Waals surface area contributed by atoms with Crippen LogP contribution in [0.4, 0.5) is 5.69 Å². The average Bonchev–Trinajstić information content (AvgIpc) is 3.14. The minimum Gasteiger partial charge on any atom is -0.465 e. The number of nitro benzene ring substituents is 1. The third kappa shape index (κ3) is 6.24. The number of benzene rings is 2. The van der Waals surface area contributed by atoms with Gasteiger partial charge in [-0.25, -0.2) is 4.79 Å². The predicted octanol–water partition coefficient (Wildman–Crippen LogP) is 6.53. The number of hydrogen-bond donors (Lipinski definition) is 0. The molecule has 0 heterocycles. The number of non-ortho nitro benzene ring substituents is 1. The molecule has 2 aliphatic carbocycles. The van der Waals surface area contributed by atoms with Gasteiger partial charge in [0.15, 0.2) is 0 Å². The number of carbonyl (C=O) groups is 2. The smallest absolute Gasteiger partial charge is 0.335 e. The Balaban J connectivity index is 1.57. The minimum atomic E-state index is -0.424. The van der Waals surface area contributed by atoms with E-state index < -0.39 is 5.97 Å². The molecule has 37 heavy (non-hydrogen) atoms. The van der Waals surface area contributed by atoms with Gasteiger partial charge >= 0.3 is 11.9 Å². The highest BCUT2D eigenvalue weighted by atomic mass is 16.7. The summed E-state index contributed by atoms with van der Waals surface area (Å²) in [6, 6.07) is 10.9. The van der Waals surface area contributed by atoms with Crippen LogP contribution in [0.2, 0.25) is 0 Å². The van der Waals surface area contributed by atoms with Crippen molar-refractivity contribution < 1.29 is 24.1 Å². The van der Waals surface area contributed by atoms with Gasteiger partial charge in [0.2, 0.25) is 0 Å². The highest BCUT2D eigenvalue weighted by Crippen LogP contribution is 2.47. The van der Waals surface area contributed by atoms with E-state index in [2.05, 4.69) is 12.1 Å². The molecule has 4 rings (SSSR count). The van der Waals surface area contributed by atoms with E-state index in [0.717, 1.165) is 47.1 Å². The number of ether oxygens (including phenoxy) is 1. The van der Waals surface area contributed by atoms with Crippen LogP contribution in [0.15, 0.2) is 41.6 Å². The zero-order valence-corrected chi connectivity index (χ0v) is 21.7. The number of esters is 1. The second-order valence-electron chi connectivity index (χ2n) is 10.4. The van der Waals surface area contributed by atoms with Crippen LogP contribution in [0.1, 0.15) is 88.3 Å². The lowest BCUT2D eigenvalue weighted by molar-refractivity contribution is -0.384. The third-order valence-corrected chi connectivity index (χ3v) is 7.18. The fraction of sp³-hybridized carbons (Fsp3) is 0.483. The first-order chi connectivity index (χ1) is 17.8. The second-order valence-corrected chi connectivity index (χ2v) is 10.4. The van der Waals surface area contributed by atoms with Gasteiger partial charge in [0.1, 0.15) is 0 Å². The fourth-order valence-electron chi connectivity index (χ4n) is 4.96. The molecule has 8 heteroatoms. The largest absolute Gasteiger partial charge is 0.465 e. The van der Waals surface area contributed by atoms with E-state index in [1.165, 1.54) is 12.5 Å². The Bertz CT molecular complexity index is 1210. The van der Waals surface area contributed by atoms with Crippen LogP contribution >= 0.6 is 0 Å². The molecule has 2 aromatic rings. The molecule has 0 aromatic heterocycles. The van der Waals surface area contributed by atoms with Crippen molar-refractivity contribution in [2.24, 2.45) is 17.0 Å². The molecule has 2 aromatic carbocycles. The first kappa shape index (κ1) is 26.5. The Morgan fingerprint density at radius 2 is 1.76 bits per heavy atom. The second kappa shape index (κ2) is 11.7. The Kier molecular flexibility index (Phi) is 8.36. The quantitative estimate of drug-likeness (QED) is 0.113. The summed E-state index contributed by atoms with van der Waals surface area (Å²) in [4.78, 5) is 40.8. The maximum Gasteiger partial charge on any atom is 0.335 e. The number of nitro groups is 1. The molecule has 1 saturated carbocycles. The van der Waals surface area contributed by atoms with E-state index in [1.807, 2.05) is 38.1 Å². The molecule has 0 saturated heterocycles. The maximum atomic E-state index is 12.4. The molecule has 0 aliphatic heterocycles. The molecule has 0 spiro atoms. The lowest BCUT2D eigenvalue weighted by Gasteiger charge is -2.24. The van der Waals surface area contributed by atoms with E-state index in [-0.39, 0.29) is 47.7 Å². The highest BCUT2D eigenvalue weighted by molar-refractivity contribution is 6.02. The molecule has 0 N–H and O–H groups in total. The number of oxime groups is 1. The third-order valence-electron chi connectivity index (χ3n) is 7.18. The predicted molar refractivity (Wildman–Crippen MR) is 140 cm³/mol. The first-order valence-corrected chi connectivity index (χ1v) is 13.1. The van der Waals surface area contributed by atoms with Crippen molar-refractivity contribution in [1.29, 1.82) is 0 Å². The van der Waals surface area contributed by atoms with Gasteiger partial charge in [-0.3, -0.25) is 14.9 Å². The average molecular weight is 507 g/mol. The zero-order valence-electron chi connectivity index (χ0n) is 21.7. The number of rotatable bonds is 11. The van der Waals surface area contributed by atoms with Gasteiger partial charge in [-0.15, -0.1) is 0 Å². The molecule has 1 atom stereocenters. The van der Waals surface area contributed by atoms with Crippen molar-refractivity contribution in [2.45, 2.75) is 71.6 Å². The van der Waals surface area contributed by atoms with Crippen molar-refractivity contribution in [3.63, 3.8) is 0 Å². The summed E-state index contributed by atoms with van der Waals surface area (Å²) in [6.07, 6.45) is 4.82. The van der Waals surface area contributed by atoms with Crippen LogP contribution in [0, 0.1) is 22.0 Å². The van der Waals surface area contributed by atoms with Crippen LogP contribution in [0.5, 0.6) is 0 Å². The topological polar surface area (TPSA) is 108 Å². The van der Waals surface area contributed by atoms with Crippen molar-refractivity contribution in [3.05, 3.63) is 63.2 Å². The van der Waals surface area contributed by atoms with Crippen LogP contribution in [0.25, 0.3) is 11.1 Å². The fourth-order valence-corrected chi connectivity index (χ4v) is 4.96. The minimum absolute atomic E-state index is 0.00188. The summed E-state index contributed by atoms with van der Waals surface area (Å²) in [5.74, 6) is -0.107. The lowest BCUT2D eigenvalue weighted by atomic mass is 9.86. The molecule has 0 radical (unpaired) electrons. The van der Waals surface area contributed by atoms with Crippen molar-refractivity contribution in [3.8, 4) is 11.1 Å². The molecular formula is C29H34N2O6. The monoisotopic (exact) mass is 506 g/mol. The SMILES string of the molecule is CCC1c2cc(/C(CCC(=O)OCC3CCC3)=N\OC(=O)CC(C)C)ccc2-c2ccc([N+](=O)[O-])cc21. The van der Waals surface area contributed by atoms with Gasteiger partial charge in [0.05, 0.1) is 30.1 Å². The van der Waals surface area contributed by atoms with Gasteiger partial charge < -0.3 is 9.57 Å². The van der Waals surface area contributed by atoms with Gasteiger partial charge in [0.25, 0.3) is 5.69 Å². The molecule has 0 bridgehead atoms. The number of fused-ring (bicyclic) bond motifs is 3. The molecule has 0 amide bonds. The molecule has 196 valence electrons. The van der Waals surface area contributed by atoms with E-state index in [4.69, 9.17) is 9.57 Å². The summed E-state index contributed by atoms with van der Waals surface area (Å²) in [6.45, 7) is 6.36. The number of carbonyl (C=O) groups excluding carboxylic acids is 2. The van der Waals surface area contributed by atoms with Crippen molar-refractivity contribution >= 4 is 23.3 Å². The maximum absolute atomic E-state index is 12.4. The summed E-state index contributed by atoms with van der Waals surface area (Å²) in [5, 5.41) is 15.5. The van der Waals surface area contributed by atoms with E-state index in [1.54, 1.807) is 6.07 Å². The molecule has 1 fully saturated rings. The van der Waals surface area contributed by atoms with Crippen LogP contribution in [0.3, 0.4) is 0 Å². The Morgan fingerprint density at radius 1 is 1.05 bits per heavy atom. The van der Waals surface area contributed by atoms with Crippen LogP contribution in [-0.2, 0) is 19.2 Å². The van der Waals surface area contributed by atoms with Gasteiger partial charge in [-0.1, -0.05) is 44.5 Å². The Hall–Kier alpha value is -3.55. The normalized spacial score (nSPS) is 16.6. The molecule has 8 nitrogen and oxygen atoms in total. The first-order valence-electron chi connectivity index (χ1n) is 13.1. The van der Waals surface area contributed by atoms with Gasteiger partial charge in [0, 0.05) is 24.5 Å². The van der Waals surface area contributed by atoms with Crippen LogP contribution < -0.4 is 0 Å². The molecule has 1 unspecified atom stereocenters. The standard InChI is InChI=1S/C29H34N2O6/c1-4-22-25-15-20(8-10-23(25)24-11-9-21(31(34)35)16-26(22)24)27(30-37-29(33)14-18(2)3)12-13-28(32)36-17-19-6-5-7-19/h8-11,15-16,18-19,22H,4-7,12-14,17H2,1-3H3/b30-27-.